The van der Waals surface area contributed by atoms with E-state index in [1.54, 1.807) is 0 Å². The van der Waals surface area contributed by atoms with Gasteiger partial charge in [0.1, 0.15) is 0 Å². The van der Waals surface area contributed by atoms with E-state index < -0.39 is 11.8 Å². The average molecular weight is 608 g/mol. The molecule has 4 aliphatic heterocycles. The number of nitrogens with one attached hydrogen (secondary N) is 2. The van der Waals surface area contributed by atoms with E-state index in [1.165, 1.54) is 14.2 Å². The van der Waals surface area contributed by atoms with E-state index in [0.29, 0.717) is 39.8 Å². The number of hydroxylamine groups is 2. The third kappa shape index (κ3) is 4.63. The van der Waals surface area contributed by atoms with E-state index in [0.717, 1.165) is 62.2 Å². The lowest BCUT2D eigenvalue weighted by atomic mass is 9.84. The molecule has 0 saturated carbocycles. The minimum atomic E-state index is -0.588. The van der Waals surface area contributed by atoms with Gasteiger partial charge in [0.05, 0.1) is 53.6 Å². The van der Waals surface area contributed by atoms with Crippen molar-refractivity contribution >= 4 is 51.1 Å². The first kappa shape index (κ1) is 30.2. The van der Waals surface area contributed by atoms with Crippen LogP contribution in [0.2, 0.25) is 0 Å². The third-order valence-corrected chi connectivity index (χ3v) is 9.51. The fourth-order valence-corrected chi connectivity index (χ4v) is 6.90. The van der Waals surface area contributed by atoms with E-state index in [2.05, 4.69) is 37.3 Å². The Hall–Kier alpha value is -4.83. The minimum Gasteiger partial charge on any atom is -0.469 e. The monoisotopic (exact) mass is 607 g/mol. The molecule has 4 aliphatic rings. The van der Waals surface area contributed by atoms with Gasteiger partial charge in [-0.25, -0.2) is 9.97 Å². The highest BCUT2D eigenvalue weighted by molar-refractivity contribution is 6.22. The Bertz CT molecular complexity index is 1960. The molecule has 2 aromatic rings. The Morgan fingerprint density at radius 2 is 1.67 bits per heavy atom. The van der Waals surface area contributed by atoms with E-state index in [1.807, 2.05) is 38.1 Å². The number of amides is 2. The molecule has 6 rings (SSSR count). The summed E-state index contributed by atoms with van der Waals surface area (Å²) in [5.74, 6) is -1.86. The van der Waals surface area contributed by atoms with Gasteiger partial charge < -0.3 is 14.7 Å². The van der Waals surface area contributed by atoms with Gasteiger partial charge in [0.2, 0.25) is 0 Å². The van der Waals surface area contributed by atoms with Crippen LogP contribution in [0, 0.1) is 6.92 Å². The second kappa shape index (κ2) is 11.3. The largest absolute Gasteiger partial charge is 0.469 e. The second-order valence-corrected chi connectivity index (χ2v) is 11.8. The summed E-state index contributed by atoms with van der Waals surface area (Å²) in [6.07, 6.45) is 3.15. The van der Waals surface area contributed by atoms with Crippen LogP contribution in [0.4, 0.5) is 0 Å². The number of hydrogen-bond donors (Lipinski definition) is 2. The van der Waals surface area contributed by atoms with Gasteiger partial charge in [0.25, 0.3) is 11.8 Å². The van der Waals surface area contributed by atoms with Crippen LogP contribution in [0.5, 0.6) is 0 Å². The number of imide groups is 1. The number of methoxy groups -OCH3 is 1. The van der Waals surface area contributed by atoms with Gasteiger partial charge in [0, 0.05) is 40.7 Å². The van der Waals surface area contributed by atoms with Gasteiger partial charge in [-0.2, -0.15) is 0 Å². The summed E-state index contributed by atoms with van der Waals surface area (Å²) in [6.45, 7) is 14.1. The number of hydrogen-bond acceptors (Lipinski definition) is 7. The summed E-state index contributed by atoms with van der Waals surface area (Å²) < 4.78 is 4.95. The molecule has 0 fully saturated rings. The first-order chi connectivity index (χ1) is 21.5. The predicted molar refractivity (Wildman–Crippen MR) is 172 cm³/mol. The van der Waals surface area contributed by atoms with Crippen molar-refractivity contribution in [3.63, 3.8) is 0 Å². The van der Waals surface area contributed by atoms with Crippen LogP contribution in [0.15, 0.2) is 30.9 Å². The molecule has 0 aliphatic carbocycles. The van der Waals surface area contributed by atoms with Crippen molar-refractivity contribution in [1.29, 1.82) is 0 Å². The number of esters is 1. The Kier molecular flexibility index (Phi) is 7.56. The number of carbonyl (C=O) groups is 3. The summed E-state index contributed by atoms with van der Waals surface area (Å²) in [5.41, 5.74) is 11.0. The van der Waals surface area contributed by atoms with Crippen LogP contribution < -0.4 is 0 Å². The fraction of sp³-hybridized carbons (Fsp3) is 0.343. The molecule has 0 aromatic carbocycles. The van der Waals surface area contributed by atoms with Gasteiger partial charge in [-0.05, 0) is 74.1 Å². The molecule has 2 atom stereocenters. The van der Waals surface area contributed by atoms with E-state index in [-0.39, 0.29) is 24.2 Å². The summed E-state index contributed by atoms with van der Waals surface area (Å²) in [4.78, 5) is 62.4. The van der Waals surface area contributed by atoms with E-state index >= 15 is 0 Å². The smallest absolute Gasteiger partial charge is 0.305 e. The number of ether oxygens (including phenoxy) is 1. The van der Waals surface area contributed by atoms with Crippen LogP contribution in [-0.4, -0.2) is 57.0 Å². The second-order valence-electron chi connectivity index (χ2n) is 11.8. The Morgan fingerprint density at radius 3 is 2.33 bits per heavy atom. The Morgan fingerprint density at radius 1 is 0.978 bits per heavy atom. The van der Waals surface area contributed by atoms with Crippen molar-refractivity contribution in [3.8, 4) is 0 Å². The number of aromatic amines is 2. The Balaban J connectivity index is 1.79. The summed E-state index contributed by atoms with van der Waals surface area (Å²) in [6, 6.07) is 5.94. The fourth-order valence-electron chi connectivity index (χ4n) is 6.90. The van der Waals surface area contributed by atoms with Gasteiger partial charge in [-0.15, -0.1) is 5.06 Å². The molecule has 0 saturated heterocycles. The van der Waals surface area contributed by atoms with Crippen LogP contribution in [0.25, 0.3) is 33.3 Å². The van der Waals surface area contributed by atoms with Crippen molar-refractivity contribution in [2.45, 2.75) is 65.7 Å². The highest BCUT2D eigenvalue weighted by atomic mass is 16.7. The average Bonchev–Trinajstić information content (AvgIpc) is 3.69. The lowest BCUT2D eigenvalue weighted by Crippen LogP contribution is -2.40. The number of allylic oxidation sites excluding steroid dienone is 5. The number of aryl methyl sites for hydroxylation is 1. The van der Waals surface area contributed by atoms with Crippen LogP contribution >= 0.6 is 0 Å². The number of rotatable bonds is 6. The molecule has 232 valence electrons. The summed E-state index contributed by atoms with van der Waals surface area (Å²) in [5, 5.41) is 0.801. The van der Waals surface area contributed by atoms with Gasteiger partial charge >= 0.3 is 5.97 Å². The molecular formula is C35H37N5O5. The molecule has 6 heterocycles. The molecule has 2 aromatic heterocycles. The third-order valence-electron chi connectivity index (χ3n) is 9.51. The Labute approximate surface area is 261 Å². The molecule has 10 heteroatoms. The molecule has 8 bridgehead atoms. The molecular weight excluding hydrogens is 570 g/mol. The first-order valence-electron chi connectivity index (χ1n) is 15.1. The number of carbonyl (C=O) groups excluding carboxylic acids is 3. The van der Waals surface area contributed by atoms with Crippen LogP contribution in [0.3, 0.4) is 0 Å². The SMILES string of the molecule is C=CC1=C(C)c2cc3[nH]c(c4c5[nH]c(cc6nc(cc1n2)C(C)=C6CC)c(C)c5C(=O)N(OC)C4=O)[C@@H](CCC(=O)OC)[C@@H]3C. The molecule has 45 heavy (non-hydrogen) atoms. The molecule has 10 nitrogen and oxygen atoms in total. The number of fused-ring (bicyclic) bond motifs is 8. The maximum atomic E-state index is 14.1. The normalized spacial score (nSPS) is 18.5. The lowest BCUT2D eigenvalue weighted by molar-refractivity contribution is -0.140. The minimum absolute atomic E-state index is 0.122. The summed E-state index contributed by atoms with van der Waals surface area (Å²) in [7, 11) is 2.67. The first-order valence-corrected chi connectivity index (χ1v) is 15.1. The molecule has 0 radical (unpaired) electrons. The highest BCUT2D eigenvalue weighted by Gasteiger charge is 2.41. The lowest BCUT2D eigenvalue weighted by Gasteiger charge is -2.25. The van der Waals surface area contributed by atoms with Crippen molar-refractivity contribution < 1.29 is 24.0 Å². The van der Waals surface area contributed by atoms with Crippen molar-refractivity contribution in [2.24, 2.45) is 0 Å². The zero-order chi connectivity index (χ0) is 32.3. The topological polar surface area (TPSA) is 130 Å². The summed E-state index contributed by atoms with van der Waals surface area (Å²) >= 11 is 0. The maximum Gasteiger partial charge on any atom is 0.305 e. The van der Waals surface area contributed by atoms with Gasteiger partial charge in [-0.1, -0.05) is 26.5 Å². The quantitative estimate of drug-likeness (QED) is 0.273. The zero-order valence-electron chi connectivity index (χ0n) is 26.7. The van der Waals surface area contributed by atoms with Gasteiger partial charge in [-0.3, -0.25) is 19.2 Å². The number of nitrogens with zero attached hydrogens (tertiary/aromatic N) is 3. The van der Waals surface area contributed by atoms with Gasteiger partial charge in [0.15, 0.2) is 0 Å². The van der Waals surface area contributed by atoms with E-state index in [9.17, 15) is 14.4 Å². The van der Waals surface area contributed by atoms with Crippen molar-refractivity contribution in [2.75, 3.05) is 14.2 Å². The van der Waals surface area contributed by atoms with Crippen LogP contribution in [-0.2, 0) is 14.4 Å². The molecule has 2 amide bonds. The highest BCUT2D eigenvalue weighted by Crippen LogP contribution is 2.44. The van der Waals surface area contributed by atoms with Crippen LogP contribution in [0.1, 0.15) is 119 Å². The standard InChI is InChI=1S/C35H37N5O5/c1-9-20-16(3)23-13-25-18(5)22(11-12-29(41)44-7)32(38-25)31-33-30(34(42)40(45-8)35(31)43)19(6)26(39-33)15-28-21(10-2)17(4)24(37-28)14-27(20)36-23/h9,13-15,18,22,38-39H,1,10-12H2,2-8H3/t18-,22-/m0/s1. The zero-order valence-corrected chi connectivity index (χ0v) is 26.7. The predicted octanol–water partition coefficient (Wildman–Crippen LogP) is 6.80. The molecule has 0 unspecified atom stereocenters. The maximum absolute atomic E-state index is 14.1. The molecule has 2 N–H and O–H groups in total. The van der Waals surface area contributed by atoms with E-state index in [4.69, 9.17) is 19.5 Å². The van der Waals surface area contributed by atoms with Crippen molar-refractivity contribution in [3.05, 3.63) is 81.7 Å². The number of H-pyrrole nitrogens is 2. The number of aromatic nitrogens is 4. The molecule has 0 spiro atoms. The van der Waals surface area contributed by atoms with Crippen molar-refractivity contribution in [1.82, 2.24) is 25.0 Å².